The van der Waals surface area contributed by atoms with Crippen LogP contribution in [0, 0.1) is 24.1 Å². The van der Waals surface area contributed by atoms with E-state index in [0.717, 1.165) is 13.0 Å². The van der Waals surface area contributed by atoms with Gasteiger partial charge in [-0.1, -0.05) is 6.92 Å². The fourth-order valence-electron chi connectivity index (χ4n) is 1.86. The van der Waals surface area contributed by atoms with Crippen molar-refractivity contribution in [2.24, 2.45) is 0 Å². The van der Waals surface area contributed by atoms with Crippen molar-refractivity contribution in [3.8, 4) is 17.3 Å². The molecule has 0 bridgehead atoms. The summed E-state index contributed by atoms with van der Waals surface area (Å²) in [5, 5.41) is 12.1. The van der Waals surface area contributed by atoms with E-state index in [9.17, 15) is 4.39 Å². The monoisotopic (exact) mass is 270 g/mol. The number of aryl methyl sites for hydroxylation is 1. The molecule has 0 saturated heterocycles. The average molecular weight is 270 g/mol. The van der Waals surface area contributed by atoms with Gasteiger partial charge in [-0.15, -0.1) is 0 Å². The first-order valence-electron chi connectivity index (χ1n) is 6.43. The van der Waals surface area contributed by atoms with Gasteiger partial charge in [0.25, 0.3) is 0 Å². The number of aromatic nitrogens is 2. The van der Waals surface area contributed by atoms with Crippen LogP contribution in [-0.2, 0) is 0 Å². The molecule has 1 aromatic carbocycles. The lowest BCUT2D eigenvalue weighted by molar-refractivity contribution is 0.628. The van der Waals surface area contributed by atoms with Crippen molar-refractivity contribution in [2.45, 2.75) is 20.3 Å². The third-order valence-electron chi connectivity index (χ3n) is 2.72. The molecule has 5 heteroatoms. The zero-order valence-electron chi connectivity index (χ0n) is 11.4. The maximum atomic E-state index is 13.5. The van der Waals surface area contributed by atoms with Crippen LogP contribution < -0.4 is 5.32 Å². The Kier molecular flexibility index (Phi) is 4.26. The Morgan fingerprint density at radius 3 is 2.75 bits per heavy atom. The van der Waals surface area contributed by atoms with E-state index in [0.29, 0.717) is 22.9 Å². The van der Waals surface area contributed by atoms with Crippen LogP contribution in [0.4, 0.5) is 10.2 Å². The van der Waals surface area contributed by atoms with Crippen molar-refractivity contribution in [3.63, 3.8) is 0 Å². The molecule has 0 saturated carbocycles. The van der Waals surface area contributed by atoms with Gasteiger partial charge in [0.05, 0.1) is 17.3 Å². The second-order valence-corrected chi connectivity index (χ2v) is 4.45. The smallest absolute Gasteiger partial charge is 0.130 e. The summed E-state index contributed by atoms with van der Waals surface area (Å²) in [6, 6.07) is 7.89. The third-order valence-corrected chi connectivity index (χ3v) is 2.72. The van der Waals surface area contributed by atoms with Crippen LogP contribution in [0.2, 0.25) is 0 Å². The number of benzene rings is 1. The van der Waals surface area contributed by atoms with E-state index in [1.54, 1.807) is 19.1 Å². The Morgan fingerprint density at radius 2 is 2.05 bits per heavy atom. The fraction of sp³-hybridized carbons (Fsp3) is 0.267. The molecule has 0 atom stereocenters. The number of nitrogens with one attached hydrogen (secondary N) is 1. The van der Waals surface area contributed by atoms with Crippen molar-refractivity contribution >= 4 is 5.82 Å². The van der Waals surface area contributed by atoms with Crippen molar-refractivity contribution in [3.05, 3.63) is 41.5 Å². The lowest BCUT2D eigenvalue weighted by Gasteiger charge is -2.08. The second-order valence-electron chi connectivity index (χ2n) is 4.45. The predicted molar refractivity (Wildman–Crippen MR) is 75.7 cm³/mol. The van der Waals surface area contributed by atoms with Crippen molar-refractivity contribution in [1.82, 2.24) is 9.97 Å². The molecule has 0 radical (unpaired) electrons. The van der Waals surface area contributed by atoms with Gasteiger partial charge in [-0.3, -0.25) is 0 Å². The molecule has 2 aromatic rings. The SMILES string of the molecule is CCCNc1cc(-c2cc(F)cc(C#N)c2)nc(C)n1. The van der Waals surface area contributed by atoms with Crippen LogP contribution in [-0.4, -0.2) is 16.5 Å². The predicted octanol–water partition coefficient (Wildman–Crippen LogP) is 3.28. The molecule has 4 nitrogen and oxygen atoms in total. The average Bonchev–Trinajstić information content (AvgIpc) is 2.43. The summed E-state index contributed by atoms with van der Waals surface area (Å²) in [5.41, 5.74) is 1.46. The molecule has 1 N–H and O–H groups in total. The van der Waals surface area contributed by atoms with Crippen LogP contribution in [0.15, 0.2) is 24.3 Å². The molecule has 20 heavy (non-hydrogen) atoms. The highest BCUT2D eigenvalue weighted by Gasteiger charge is 2.07. The fourth-order valence-corrected chi connectivity index (χ4v) is 1.86. The van der Waals surface area contributed by atoms with Crippen LogP contribution in [0.25, 0.3) is 11.3 Å². The van der Waals surface area contributed by atoms with E-state index in [1.165, 1.54) is 12.1 Å². The summed E-state index contributed by atoms with van der Waals surface area (Å²) < 4.78 is 13.5. The molecule has 0 aliphatic carbocycles. The normalized spacial score (nSPS) is 10.1. The summed E-state index contributed by atoms with van der Waals surface area (Å²) in [5.74, 6) is 0.861. The molecule has 0 unspecified atom stereocenters. The van der Waals surface area contributed by atoms with Gasteiger partial charge >= 0.3 is 0 Å². The van der Waals surface area contributed by atoms with E-state index in [2.05, 4.69) is 22.2 Å². The molecule has 0 spiro atoms. The highest BCUT2D eigenvalue weighted by molar-refractivity contribution is 5.64. The number of hydrogen-bond donors (Lipinski definition) is 1. The maximum absolute atomic E-state index is 13.5. The van der Waals surface area contributed by atoms with E-state index < -0.39 is 5.82 Å². The van der Waals surface area contributed by atoms with Gasteiger partial charge in [0.15, 0.2) is 0 Å². The summed E-state index contributed by atoms with van der Waals surface area (Å²) in [6.45, 7) is 4.65. The first kappa shape index (κ1) is 13.9. The molecule has 1 aromatic heterocycles. The van der Waals surface area contributed by atoms with Gasteiger partial charge in [-0.2, -0.15) is 5.26 Å². The summed E-state index contributed by atoms with van der Waals surface area (Å²) >= 11 is 0. The van der Waals surface area contributed by atoms with E-state index in [1.807, 2.05) is 6.07 Å². The number of anilines is 1. The minimum Gasteiger partial charge on any atom is -0.370 e. The zero-order chi connectivity index (χ0) is 14.5. The summed E-state index contributed by atoms with van der Waals surface area (Å²) in [4.78, 5) is 8.58. The molecule has 2 rings (SSSR count). The molecule has 1 heterocycles. The highest BCUT2D eigenvalue weighted by atomic mass is 19.1. The molecule has 0 aliphatic rings. The number of nitrogens with zero attached hydrogens (tertiary/aromatic N) is 3. The Balaban J connectivity index is 2.44. The Morgan fingerprint density at radius 1 is 1.25 bits per heavy atom. The lowest BCUT2D eigenvalue weighted by atomic mass is 10.1. The minimum absolute atomic E-state index is 0.277. The van der Waals surface area contributed by atoms with E-state index in [4.69, 9.17) is 5.26 Å². The Bertz CT molecular complexity index is 661. The van der Waals surface area contributed by atoms with Gasteiger partial charge in [0, 0.05) is 18.2 Å². The quantitative estimate of drug-likeness (QED) is 0.926. The molecule has 0 fully saturated rings. The topological polar surface area (TPSA) is 61.6 Å². The van der Waals surface area contributed by atoms with Gasteiger partial charge in [-0.25, -0.2) is 14.4 Å². The molecular formula is C15H15FN4. The van der Waals surface area contributed by atoms with E-state index in [-0.39, 0.29) is 5.56 Å². The van der Waals surface area contributed by atoms with Crippen LogP contribution in [0.5, 0.6) is 0 Å². The van der Waals surface area contributed by atoms with Crippen molar-refractivity contribution < 1.29 is 4.39 Å². The van der Waals surface area contributed by atoms with Crippen LogP contribution in [0.3, 0.4) is 0 Å². The number of hydrogen-bond acceptors (Lipinski definition) is 4. The minimum atomic E-state index is -0.446. The second kappa shape index (κ2) is 6.11. The molecule has 0 aliphatic heterocycles. The Hall–Kier alpha value is -2.48. The van der Waals surface area contributed by atoms with Gasteiger partial charge in [0.1, 0.15) is 17.5 Å². The maximum Gasteiger partial charge on any atom is 0.130 e. The van der Waals surface area contributed by atoms with E-state index >= 15 is 0 Å². The highest BCUT2D eigenvalue weighted by Crippen LogP contribution is 2.22. The third kappa shape index (κ3) is 3.29. The molecule has 0 amide bonds. The number of nitriles is 1. The van der Waals surface area contributed by atoms with Gasteiger partial charge < -0.3 is 5.32 Å². The van der Waals surface area contributed by atoms with Gasteiger partial charge in [-0.05, 0) is 31.5 Å². The summed E-state index contributed by atoms with van der Waals surface area (Å²) in [7, 11) is 0. The number of halogens is 1. The standard InChI is InChI=1S/C15H15FN4/c1-3-4-18-15-8-14(19-10(2)20-15)12-5-11(9-17)6-13(16)7-12/h5-8H,3-4H2,1-2H3,(H,18,19,20). The lowest BCUT2D eigenvalue weighted by Crippen LogP contribution is -2.04. The summed E-state index contributed by atoms with van der Waals surface area (Å²) in [6.07, 6.45) is 0.983. The first-order valence-corrected chi connectivity index (χ1v) is 6.43. The van der Waals surface area contributed by atoms with Crippen LogP contribution in [0.1, 0.15) is 24.7 Å². The molecule has 102 valence electrons. The number of rotatable bonds is 4. The molecular weight excluding hydrogens is 255 g/mol. The van der Waals surface area contributed by atoms with Crippen LogP contribution >= 0.6 is 0 Å². The van der Waals surface area contributed by atoms with Gasteiger partial charge in [0.2, 0.25) is 0 Å². The largest absolute Gasteiger partial charge is 0.370 e. The van der Waals surface area contributed by atoms with Crippen molar-refractivity contribution in [2.75, 3.05) is 11.9 Å². The Labute approximate surface area is 117 Å². The zero-order valence-corrected chi connectivity index (χ0v) is 11.4. The van der Waals surface area contributed by atoms with Crippen molar-refractivity contribution in [1.29, 1.82) is 5.26 Å². The first-order chi connectivity index (χ1) is 9.62.